The van der Waals surface area contributed by atoms with Gasteiger partial charge in [0, 0.05) is 31.7 Å². The standard InChI is InChI=1S/C19H24N2O4S/c1-20-11-12-21(14-17(20)15-7-5-4-6-8-15)26(22,23)19-13-16(24-2)9-10-18(19)25-3/h4-10,13,17H,11-12,14H2,1-3H3. The fraction of sp³-hybridized carbons (Fsp3) is 0.368. The predicted octanol–water partition coefficient (Wildman–Crippen LogP) is 2.38. The first-order chi connectivity index (χ1) is 12.5. The highest BCUT2D eigenvalue weighted by atomic mass is 32.2. The van der Waals surface area contributed by atoms with Crippen molar-refractivity contribution < 1.29 is 17.9 Å². The summed E-state index contributed by atoms with van der Waals surface area (Å²) in [7, 11) is 1.30. The van der Waals surface area contributed by atoms with E-state index < -0.39 is 10.0 Å². The molecule has 0 N–H and O–H groups in total. The Morgan fingerprint density at radius 1 is 1.00 bits per heavy atom. The van der Waals surface area contributed by atoms with Gasteiger partial charge in [0.2, 0.25) is 10.0 Å². The molecule has 0 saturated carbocycles. The zero-order valence-electron chi connectivity index (χ0n) is 15.3. The van der Waals surface area contributed by atoms with Crippen molar-refractivity contribution in [3.05, 3.63) is 54.1 Å². The molecule has 1 aliphatic heterocycles. The summed E-state index contributed by atoms with van der Waals surface area (Å²) in [5.41, 5.74) is 1.10. The van der Waals surface area contributed by atoms with Crippen LogP contribution in [0.15, 0.2) is 53.4 Å². The van der Waals surface area contributed by atoms with Gasteiger partial charge in [-0.2, -0.15) is 4.31 Å². The van der Waals surface area contributed by atoms with Gasteiger partial charge in [-0.15, -0.1) is 0 Å². The van der Waals surface area contributed by atoms with Crippen molar-refractivity contribution in [2.24, 2.45) is 0 Å². The number of ether oxygens (including phenoxy) is 2. The summed E-state index contributed by atoms with van der Waals surface area (Å²) in [6, 6.07) is 14.8. The second-order valence-electron chi connectivity index (χ2n) is 6.29. The smallest absolute Gasteiger partial charge is 0.247 e. The van der Waals surface area contributed by atoms with E-state index in [-0.39, 0.29) is 10.9 Å². The fourth-order valence-electron chi connectivity index (χ4n) is 3.23. The largest absolute Gasteiger partial charge is 0.497 e. The van der Waals surface area contributed by atoms with Gasteiger partial charge in [0.05, 0.1) is 14.2 Å². The maximum atomic E-state index is 13.3. The molecule has 1 saturated heterocycles. The monoisotopic (exact) mass is 376 g/mol. The highest BCUT2D eigenvalue weighted by molar-refractivity contribution is 7.89. The van der Waals surface area contributed by atoms with Crippen molar-refractivity contribution >= 4 is 10.0 Å². The molecule has 1 aliphatic rings. The van der Waals surface area contributed by atoms with E-state index in [1.807, 2.05) is 37.4 Å². The van der Waals surface area contributed by atoms with Crippen molar-refractivity contribution in [1.82, 2.24) is 9.21 Å². The van der Waals surface area contributed by atoms with E-state index in [4.69, 9.17) is 9.47 Å². The molecule has 3 rings (SSSR count). The Bertz CT molecular complexity index is 855. The molecule has 1 heterocycles. The molecular weight excluding hydrogens is 352 g/mol. The second-order valence-corrected chi connectivity index (χ2v) is 8.19. The van der Waals surface area contributed by atoms with Gasteiger partial charge in [-0.3, -0.25) is 4.90 Å². The molecule has 2 aromatic rings. The molecule has 7 heteroatoms. The Hall–Kier alpha value is -2.09. The molecule has 0 amide bonds. The lowest BCUT2D eigenvalue weighted by Crippen LogP contribution is -2.48. The summed E-state index contributed by atoms with van der Waals surface area (Å²) in [5.74, 6) is 0.805. The van der Waals surface area contributed by atoms with Gasteiger partial charge in [0.25, 0.3) is 0 Å². The average molecular weight is 376 g/mol. The highest BCUT2D eigenvalue weighted by Gasteiger charge is 2.35. The number of benzene rings is 2. The van der Waals surface area contributed by atoms with Crippen molar-refractivity contribution in [1.29, 1.82) is 0 Å². The van der Waals surface area contributed by atoms with Gasteiger partial charge < -0.3 is 9.47 Å². The van der Waals surface area contributed by atoms with Crippen LogP contribution < -0.4 is 9.47 Å². The lowest BCUT2D eigenvalue weighted by Gasteiger charge is -2.39. The van der Waals surface area contributed by atoms with Crippen LogP contribution in [0, 0.1) is 0 Å². The molecule has 140 valence electrons. The number of rotatable bonds is 5. The molecule has 26 heavy (non-hydrogen) atoms. The Morgan fingerprint density at radius 2 is 1.73 bits per heavy atom. The molecule has 0 bridgehead atoms. The molecule has 1 atom stereocenters. The first kappa shape index (κ1) is 18.7. The minimum atomic E-state index is -3.70. The van der Waals surface area contributed by atoms with Crippen LogP contribution >= 0.6 is 0 Å². The number of likely N-dealkylation sites (N-methyl/N-ethyl adjacent to an activating group) is 1. The lowest BCUT2D eigenvalue weighted by atomic mass is 10.0. The minimum absolute atomic E-state index is 0.0105. The van der Waals surface area contributed by atoms with E-state index >= 15 is 0 Å². The number of nitrogens with zero attached hydrogens (tertiary/aromatic N) is 2. The van der Waals surface area contributed by atoms with E-state index in [0.29, 0.717) is 31.1 Å². The molecule has 6 nitrogen and oxygen atoms in total. The fourth-order valence-corrected chi connectivity index (χ4v) is 4.84. The number of hydrogen-bond donors (Lipinski definition) is 0. The third-order valence-electron chi connectivity index (χ3n) is 4.78. The summed E-state index contributed by atoms with van der Waals surface area (Å²) in [6.07, 6.45) is 0. The van der Waals surface area contributed by atoms with Crippen LogP contribution in [0.25, 0.3) is 0 Å². The van der Waals surface area contributed by atoms with Crippen molar-refractivity contribution in [3.8, 4) is 11.5 Å². The molecular formula is C19H24N2O4S. The van der Waals surface area contributed by atoms with Crippen LogP contribution in [-0.4, -0.2) is 58.5 Å². The van der Waals surface area contributed by atoms with E-state index in [9.17, 15) is 8.42 Å². The molecule has 0 aliphatic carbocycles. The van der Waals surface area contributed by atoms with Gasteiger partial charge in [-0.05, 0) is 24.7 Å². The van der Waals surface area contributed by atoms with Gasteiger partial charge in [0.15, 0.2) is 0 Å². The van der Waals surface area contributed by atoms with Crippen LogP contribution in [0.4, 0.5) is 0 Å². The summed E-state index contributed by atoms with van der Waals surface area (Å²) in [6.45, 7) is 1.48. The summed E-state index contributed by atoms with van der Waals surface area (Å²) in [5, 5.41) is 0. The zero-order chi connectivity index (χ0) is 18.7. The van der Waals surface area contributed by atoms with E-state index in [1.165, 1.54) is 24.6 Å². The third kappa shape index (κ3) is 3.56. The van der Waals surface area contributed by atoms with E-state index in [1.54, 1.807) is 12.1 Å². The molecule has 1 fully saturated rings. The first-order valence-electron chi connectivity index (χ1n) is 8.44. The zero-order valence-corrected chi connectivity index (χ0v) is 16.1. The van der Waals surface area contributed by atoms with Gasteiger partial charge in [0.1, 0.15) is 16.4 Å². The maximum Gasteiger partial charge on any atom is 0.247 e. The number of piperazine rings is 1. The van der Waals surface area contributed by atoms with Gasteiger partial charge >= 0.3 is 0 Å². The average Bonchev–Trinajstić information content (AvgIpc) is 2.68. The Morgan fingerprint density at radius 3 is 2.38 bits per heavy atom. The Balaban J connectivity index is 1.95. The number of sulfonamides is 1. The Labute approximate surface area is 155 Å². The van der Waals surface area contributed by atoms with Crippen molar-refractivity contribution in [2.75, 3.05) is 40.9 Å². The summed E-state index contributed by atoms with van der Waals surface area (Å²) in [4.78, 5) is 2.32. The van der Waals surface area contributed by atoms with Gasteiger partial charge in [-0.1, -0.05) is 30.3 Å². The van der Waals surface area contributed by atoms with E-state index in [0.717, 1.165) is 5.56 Å². The lowest BCUT2D eigenvalue weighted by molar-refractivity contribution is 0.148. The molecule has 0 aromatic heterocycles. The molecule has 2 aromatic carbocycles. The van der Waals surface area contributed by atoms with Crippen molar-refractivity contribution in [2.45, 2.75) is 10.9 Å². The topological polar surface area (TPSA) is 59.1 Å². The summed E-state index contributed by atoms with van der Waals surface area (Å²) < 4.78 is 38.6. The Kier molecular flexibility index (Phi) is 5.50. The highest BCUT2D eigenvalue weighted by Crippen LogP contribution is 2.33. The first-order valence-corrected chi connectivity index (χ1v) is 9.88. The molecule has 0 radical (unpaired) electrons. The van der Waals surface area contributed by atoms with E-state index in [2.05, 4.69) is 4.90 Å². The quantitative estimate of drug-likeness (QED) is 0.802. The maximum absolute atomic E-state index is 13.3. The van der Waals surface area contributed by atoms with Crippen LogP contribution in [0.1, 0.15) is 11.6 Å². The molecule has 1 unspecified atom stereocenters. The van der Waals surface area contributed by atoms with Crippen LogP contribution in [0.5, 0.6) is 11.5 Å². The van der Waals surface area contributed by atoms with Gasteiger partial charge in [-0.25, -0.2) is 8.42 Å². The summed E-state index contributed by atoms with van der Waals surface area (Å²) >= 11 is 0. The third-order valence-corrected chi connectivity index (χ3v) is 6.67. The molecule has 0 spiro atoms. The van der Waals surface area contributed by atoms with Crippen LogP contribution in [0.2, 0.25) is 0 Å². The number of hydrogen-bond acceptors (Lipinski definition) is 5. The van der Waals surface area contributed by atoms with Crippen molar-refractivity contribution in [3.63, 3.8) is 0 Å². The predicted molar refractivity (Wildman–Crippen MR) is 100 cm³/mol. The normalized spacial score (nSPS) is 19.3. The second kappa shape index (κ2) is 7.65. The van der Waals surface area contributed by atoms with Crippen LogP contribution in [0.3, 0.4) is 0 Å². The minimum Gasteiger partial charge on any atom is -0.497 e. The number of methoxy groups -OCH3 is 2. The SMILES string of the molecule is COc1ccc(OC)c(S(=O)(=O)N2CCN(C)C(c3ccccc3)C2)c1. The van der Waals surface area contributed by atoms with Crippen LogP contribution in [-0.2, 0) is 10.0 Å².